The Bertz CT molecular complexity index is 429. The molecule has 1 saturated heterocycles. The number of carboxylic acids is 1. The standard InChI is InChI=1S/C11H15N3O3/c1-2-11(10(16)17)3-4-14(6-11)9(15)8-5-12-7-13-8/h5,7H,2-4,6H2,1H3,(H,12,13)(H,16,17). The maximum absolute atomic E-state index is 12.0. The van der Waals surface area contributed by atoms with Crippen molar-refractivity contribution < 1.29 is 14.7 Å². The molecule has 1 atom stereocenters. The van der Waals surface area contributed by atoms with Crippen LogP contribution in [0.1, 0.15) is 30.3 Å². The monoisotopic (exact) mass is 237 g/mol. The quantitative estimate of drug-likeness (QED) is 0.811. The van der Waals surface area contributed by atoms with Gasteiger partial charge < -0.3 is 15.0 Å². The molecule has 6 nitrogen and oxygen atoms in total. The summed E-state index contributed by atoms with van der Waals surface area (Å²) >= 11 is 0. The topological polar surface area (TPSA) is 86.3 Å². The van der Waals surface area contributed by atoms with Crippen LogP contribution in [-0.4, -0.2) is 44.9 Å². The number of carbonyl (C=O) groups excluding carboxylic acids is 1. The molecule has 0 spiro atoms. The highest BCUT2D eigenvalue weighted by molar-refractivity contribution is 5.93. The first-order chi connectivity index (χ1) is 8.09. The van der Waals surface area contributed by atoms with E-state index in [4.69, 9.17) is 0 Å². The van der Waals surface area contributed by atoms with Gasteiger partial charge in [0.2, 0.25) is 0 Å². The zero-order valence-corrected chi connectivity index (χ0v) is 9.64. The van der Waals surface area contributed by atoms with E-state index in [0.29, 0.717) is 25.1 Å². The zero-order chi connectivity index (χ0) is 12.5. The molecule has 0 saturated carbocycles. The Morgan fingerprint density at radius 1 is 1.65 bits per heavy atom. The number of aromatic nitrogens is 2. The second-order valence-corrected chi connectivity index (χ2v) is 4.38. The number of likely N-dealkylation sites (tertiary alicyclic amines) is 1. The number of hydrogen-bond acceptors (Lipinski definition) is 3. The molecule has 1 aliphatic rings. The van der Waals surface area contributed by atoms with Gasteiger partial charge in [-0.3, -0.25) is 9.59 Å². The van der Waals surface area contributed by atoms with Gasteiger partial charge in [0.05, 0.1) is 17.9 Å². The van der Waals surface area contributed by atoms with E-state index in [9.17, 15) is 14.7 Å². The zero-order valence-electron chi connectivity index (χ0n) is 9.64. The SMILES string of the molecule is CCC1(C(=O)O)CCN(C(=O)c2cnc[nH]2)C1. The third-order valence-electron chi connectivity index (χ3n) is 3.50. The van der Waals surface area contributed by atoms with Crippen LogP contribution in [0, 0.1) is 5.41 Å². The van der Waals surface area contributed by atoms with Crippen molar-refractivity contribution >= 4 is 11.9 Å². The predicted molar refractivity (Wildman–Crippen MR) is 59.5 cm³/mol. The van der Waals surface area contributed by atoms with Crippen LogP contribution in [0.4, 0.5) is 0 Å². The largest absolute Gasteiger partial charge is 0.481 e. The second-order valence-electron chi connectivity index (χ2n) is 4.38. The maximum Gasteiger partial charge on any atom is 0.311 e. The van der Waals surface area contributed by atoms with Gasteiger partial charge in [0, 0.05) is 13.1 Å². The van der Waals surface area contributed by atoms with E-state index in [0.717, 1.165) is 0 Å². The highest BCUT2D eigenvalue weighted by Gasteiger charge is 2.44. The Morgan fingerprint density at radius 2 is 2.41 bits per heavy atom. The number of carboxylic acid groups (broad SMARTS) is 1. The summed E-state index contributed by atoms with van der Waals surface area (Å²) in [5, 5.41) is 9.24. The van der Waals surface area contributed by atoms with Gasteiger partial charge in [0.25, 0.3) is 5.91 Å². The fraction of sp³-hybridized carbons (Fsp3) is 0.545. The third-order valence-corrected chi connectivity index (χ3v) is 3.50. The minimum atomic E-state index is -0.820. The van der Waals surface area contributed by atoms with Gasteiger partial charge >= 0.3 is 5.97 Å². The molecular formula is C11H15N3O3. The van der Waals surface area contributed by atoms with Crippen molar-refractivity contribution in [2.75, 3.05) is 13.1 Å². The lowest BCUT2D eigenvalue weighted by atomic mass is 9.84. The summed E-state index contributed by atoms with van der Waals surface area (Å²) in [5.74, 6) is -1.00. The van der Waals surface area contributed by atoms with Crippen molar-refractivity contribution in [1.82, 2.24) is 14.9 Å². The van der Waals surface area contributed by atoms with E-state index < -0.39 is 11.4 Å². The Labute approximate surface area is 98.7 Å². The van der Waals surface area contributed by atoms with Gasteiger partial charge in [-0.2, -0.15) is 0 Å². The second kappa shape index (κ2) is 4.20. The summed E-state index contributed by atoms with van der Waals surface area (Å²) in [6.45, 7) is 2.60. The summed E-state index contributed by atoms with van der Waals surface area (Å²) < 4.78 is 0. The van der Waals surface area contributed by atoms with Crippen molar-refractivity contribution in [2.24, 2.45) is 5.41 Å². The highest BCUT2D eigenvalue weighted by atomic mass is 16.4. The number of rotatable bonds is 3. The molecule has 1 unspecified atom stereocenters. The normalized spacial score (nSPS) is 23.9. The van der Waals surface area contributed by atoms with E-state index >= 15 is 0 Å². The van der Waals surface area contributed by atoms with Crippen molar-refractivity contribution in [1.29, 1.82) is 0 Å². The Kier molecular flexibility index (Phi) is 2.87. The number of aliphatic carboxylic acids is 1. The van der Waals surface area contributed by atoms with Gasteiger partial charge in [0.1, 0.15) is 5.69 Å². The third kappa shape index (κ3) is 1.90. The number of amides is 1. The van der Waals surface area contributed by atoms with Crippen molar-refractivity contribution in [3.8, 4) is 0 Å². The van der Waals surface area contributed by atoms with E-state index in [1.165, 1.54) is 12.5 Å². The summed E-state index contributed by atoms with van der Waals surface area (Å²) in [6, 6.07) is 0. The van der Waals surface area contributed by atoms with E-state index in [2.05, 4.69) is 9.97 Å². The summed E-state index contributed by atoms with van der Waals surface area (Å²) in [5.41, 5.74) is -0.377. The molecule has 1 aromatic rings. The maximum atomic E-state index is 12.0. The smallest absolute Gasteiger partial charge is 0.311 e. The van der Waals surface area contributed by atoms with Crippen LogP contribution in [0.15, 0.2) is 12.5 Å². The van der Waals surface area contributed by atoms with Gasteiger partial charge in [-0.1, -0.05) is 6.92 Å². The molecule has 17 heavy (non-hydrogen) atoms. The highest BCUT2D eigenvalue weighted by Crippen LogP contribution is 2.34. The van der Waals surface area contributed by atoms with Crippen LogP contribution in [0.3, 0.4) is 0 Å². The fourth-order valence-electron chi connectivity index (χ4n) is 2.20. The molecule has 0 bridgehead atoms. The van der Waals surface area contributed by atoms with Crippen LogP contribution < -0.4 is 0 Å². The number of H-pyrrole nitrogens is 1. The first kappa shape index (κ1) is 11.6. The van der Waals surface area contributed by atoms with Crippen molar-refractivity contribution in [3.05, 3.63) is 18.2 Å². The Balaban J connectivity index is 2.12. The first-order valence-electron chi connectivity index (χ1n) is 5.60. The van der Waals surface area contributed by atoms with E-state index in [1.54, 1.807) is 4.90 Å². The molecule has 2 N–H and O–H groups in total. The molecule has 1 amide bonds. The number of aromatic amines is 1. The summed E-state index contributed by atoms with van der Waals surface area (Å²) in [4.78, 5) is 31.3. The molecule has 6 heteroatoms. The van der Waals surface area contributed by atoms with Gasteiger partial charge in [-0.25, -0.2) is 4.98 Å². The predicted octanol–water partition coefficient (Wildman–Crippen LogP) is 0.737. The van der Waals surface area contributed by atoms with Crippen LogP contribution in [0.2, 0.25) is 0 Å². The lowest BCUT2D eigenvalue weighted by Gasteiger charge is -2.22. The van der Waals surface area contributed by atoms with Crippen LogP contribution in [-0.2, 0) is 4.79 Å². The molecule has 1 aliphatic heterocycles. The molecule has 0 radical (unpaired) electrons. The molecule has 2 heterocycles. The fourth-order valence-corrected chi connectivity index (χ4v) is 2.20. The Hall–Kier alpha value is -1.85. The Morgan fingerprint density at radius 3 is 2.88 bits per heavy atom. The number of nitrogens with one attached hydrogen (secondary N) is 1. The van der Waals surface area contributed by atoms with Gasteiger partial charge in [0.15, 0.2) is 0 Å². The lowest BCUT2D eigenvalue weighted by molar-refractivity contribution is -0.148. The molecule has 2 rings (SSSR count). The molecule has 0 aromatic carbocycles. The minimum Gasteiger partial charge on any atom is -0.481 e. The molecule has 1 fully saturated rings. The number of nitrogens with zero attached hydrogens (tertiary/aromatic N) is 2. The van der Waals surface area contributed by atoms with Crippen LogP contribution >= 0.6 is 0 Å². The van der Waals surface area contributed by atoms with Crippen LogP contribution in [0.25, 0.3) is 0 Å². The van der Waals surface area contributed by atoms with Crippen LogP contribution in [0.5, 0.6) is 0 Å². The van der Waals surface area contributed by atoms with Crippen molar-refractivity contribution in [2.45, 2.75) is 19.8 Å². The number of imidazole rings is 1. The molecule has 1 aromatic heterocycles. The van der Waals surface area contributed by atoms with E-state index in [1.807, 2.05) is 6.92 Å². The number of hydrogen-bond donors (Lipinski definition) is 2. The average Bonchev–Trinajstić information content (AvgIpc) is 2.98. The minimum absolute atomic E-state index is 0.181. The first-order valence-corrected chi connectivity index (χ1v) is 5.60. The molecule has 92 valence electrons. The number of carbonyl (C=O) groups is 2. The van der Waals surface area contributed by atoms with Gasteiger partial charge in [-0.05, 0) is 12.8 Å². The summed E-state index contributed by atoms with van der Waals surface area (Å²) in [7, 11) is 0. The average molecular weight is 237 g/mol. The van der Waals surface area contributed by atoms with E-state index in [-0.39, 0.29) is 12.5 Å². The molecule has 0 aliphatic carbocycles. The van der Waals surface area contributed by atoms with Crippen molar-refractivity contribution in [3.63, 3.8) is 0 Å². The molecular weight excluding hydrogens is 222 g/mol. The lowest BCUT2D eigenvalue weighted by Crippen LogP contribution is -2.36. The summed E-state index contributed by atoms with van der Waals surface area (Å²) in [6.07, 6.45) is 3.94. The van der Waals surface area contributed by atoms with Gasteiger partial charge in [-0.15, -0.1) is 0 Å².